The van der Waals surface area contributed by atoms with Crippen molar-refractivity contribution in [2.45, 2.75) is 18.1 Å². The van der Waals surface area contributed by atoms with Crippen LogP contribution in [0.2, 0.25) is 0 Å². The highest BCUT2D eigenvalue weighted by atomic mass is 16.6. The molecule has 1 heterocycles. The van der Waals surface area contributed by atoms with Crippen molar-refractivity contribution in [3.8, 4) is 11.5 Å². The zero-order chi connectivity index (χ0) is 20.3. The highest BCUT2D eigenvalue weighted by Crippen LogP contribution is 2.38. The monoisotopic (exact) mass is 390 g/mol. The number of phenolic OH excluding ortho intramolecular Hbond substituents is 1. The second kappa shape index (κ2) is 8.07. The molecule has 5 heteroatoms. The van der Waals surface area contributed by atoms with E-state index in [1.165, 1.54) is 12.1 Å². The van der Waals surface area contributed by atoms with Crippen molar-refractivity contribution in [1.29, 1.82) is 0 Å². The van der Waals surface area contributed by atoms with Crippen molar-refractivity contribution in [3.63, 3.8) is 0 Å². The molecule has 4 rings (SSSR count). The molecule has 29 heavy (non-hydrogen) atoms. The summed E-state index contributed by atoms with van der Waals surface area (Å²) in [6.45, 7) is -0.0429. The lowest BCUT2D eigenvalue weighted by molar-refractivity contribution is -0.0858. The molecule has 0 aliphatic carbocycles. The first-order chi connectivity index (χ1) is 14.1. The minimum Gasteiger partial charge on any atom is -0.508 e. The van der Waals surface area contributed by atoms with Gasteiger partial charge in [-0.1, -0.05) is 54.6 Å². The summed E-state index contributed by atoms with van der Waals surface area (Å²) >= 11 is 0. The molecular weight excluding hydrogens is 368 g/mol. The SMILES string of the molecule is O=C1c2ccccc2OCC1(OC[C@H](O)Cc1ccccc1)c1ccc(O)cc1. The van der Waals surface area contributed by atoms with Crippen molar-refractivity contribution in [2.75, 3.05) is 13.2 Å². The largest absolute Gasteiger partial charge is 0.508 e. The van der Waals surface area contributed by atoms with Gasteiger partial charge in [-0.3, -0.25) is 4.79 Å². The minimum absolute atomic E-state index is 0.00826. The number of hydrogen-bond acceptors (Lipinski definition) is 5. The molecule has 2 atom stereocenters. The maximum absolute atomic E-state index is 13.4. The van der Waals surface area contributed by atoms with Gasteiger partial charge in [0.15, 0.2) is 5.60 Å². The summed E-state index contributed by atoms with van der Waals surface area (Å²) in [5.41, 5.74) is 0.602. The minimum atomic E-state index is -1.39. The Balaban J connectivity index is 1.61. The molecule has 3 aromatic rings. The maximum Gasteiger partial charge on any atom is 0.206 e. The molecule has 0 fully saturated rings. The van der Waals surface area contributed by atoms with Gasteiger partial charge in [-0.15, -0.1) is 0 Å². The van der Waals surface area contributed by atoms with Crippen LogP contribution in [0.25, 0.3) is 0 Å². The number of Topliss-reactive ketones (excluding diaryl/α,β-unsaturated/α-hetero) is 1. The summed E-state index contributed by atoms with van der Waals surface area (Å²) in [6.07, 6.45) is -0.366. The summed E-state index contributed by atoms with van der Waals surface area (Å²) in [5.74, 6) is 0.384. The Morgan fingerprint density at radius 1 is 0.966 bits per heavy atom. The summed E-state index contributed by atoms with van der Waals surface area (Å²) in [7, 11) is 0. The fourth-order valence-electron chi connectivity index (χ4n) is 3.56. The molecule has 1 unspecified atom stereocenters. The normalized spacial score (nSPS) is 19.3. The second-order valence-corrected chi connectivity index (χ2v) is 7.14. The zero-order valence-electron chi connectivity index (χ0n) is 15.8. The molecule has 0 aromatic heterocycles. The number of aliphatic hydroxyl groups excluding tert-OH is 1. The average Bonchev–Trinajstić information content (AvgIpc) is 2.75. The number of hydrogen-bond donors (Lipinski definition) is 2. The van der Waals surface area contributed by atoms with Crippen LogP contribution in [0.1, 0.15) is 21.5 Å². The molecule has 0 saturated heterocycles. The van der Waals surface area contributed by atoms with E-state index in [1.807, 2.05) is 36.4 Å². The third-order valence-electron chi connectivity index (χ3n) is 5.10. The van der Waals surface area contributed by atoms with Crippen LogP contribution in [-0.2, 0) is 16.8 Å². The van der Waals surface area contributed by atoms with E-state index >= 15 is 0 Å². The first kappa shape index (κ1) is 19.2. The summed E-state index contributed by atoms with van der Waals surface area (Å²) in [6, 6.07) is 23.0. The number of carbonyl (C=O) groups is 1. The van der Waals surface area contributed by atoms with Gasteiger partial charge in [0, 0.05) is 6.42 Å². The van der Waals surface area contributed by atoms with Gasteiger partial charge < -0.3 is 19.7 Å². The van der Waals surface area contributed by atoms with Crippen molar-refractivity contribution >= 4 is 5.78 Å². The lowest BCUT2D eigenvalue weighted by Crippen LogP contribution is -2.48. The van der Waals surface area contributed by atoms with Gasteiger partial charge in [-0.05, 0) is 35.4 Å². The van der Waals surface area contributed by atoms with Crippen molar-refractivity contribution in [2.24, 2.45) is 0 Å². The van der Waals surface area contributed by atoms with Crippen LogP contribution in [0, 0.1) is 0 Å². The van der Waals surface area contributed by atoms with Gasteiger partial charge in [-0.25, -0.2) is 0 Å². The maximum atomic E-state index is 13.4. The first-order valence-electron chi connectivity index (χ1n) is 9.50. The van der Waals surface area contributed by atoms with E-state index in [0.717, 1.165) is 5.56 Å². The molecule has 1 aliphatic rings. The smallest absolute Gasteiger partial charge is 0.206 e. The van der Waals surface area contributed by atoms with E-state index < -0.39 is 11.7 Å². The Labute approximate surface area is 169 Å². The van der Waals surface area contributed by atoms with Crippen molar-refractivity contribution < 1.29 is 24.5 Å². The molecule has 0 bridgehead atoms. The fraction of sp³-hybridized carbons (Fsp3) is 0.208. The summed E-state index contributed by atoms with van der Waals surface area (Å²) in [5, 5.41) is 20.2. The Bertz CT molecular complexity index is 984. The van der Waals surface area contributed by atoms with Crippen LogP contribution >= 0.6 is 0 Å². The van der Waals surface area contributed by atoms with Gasteiger partial charge in [0.2, 0.25) is 5.78 Å². The van der Waals surface area contributed by atoms with E-state index in [1.54, 1.807) is 30.3 Å². The fourth-order valence-corrected chi connectivity index (χ4v) is 3.56. The molecule has 0 amide bonds. The van der Waals surface area contributed by atoms with Crippen molar-refractivity contribution in [3.05, 3.63) is 95.6 Å². The van der Waals surface area contributed by atoms with E-state index in [-0.39, 0.29) is 24.7 Å². The number of rotatable bonds is 6. The van der Waals surface area contributed by atoms with Gasteiger partial charge in [0.25, 0.3) is 0 Å². The quantitative estimate of drug-likeness (QED) is 0.674. The third-order valence-corrected chi connectivity index (χ3v) is 5.10. The number of fused-ring (bicyclic) bond motifs is 1. The number of carbonyl (C=O) groups excluding carboxylic acids is 1. The highest BCUT2D eigenvalue weighted by molar-refractivity contribution is 6.06. The summed E-state index contributed by atoms with van der Waals surface area (Å²) in [4.78, 5) is 13.4. The van der Waals surface area contributed by atoms with Gasteiger partial charge >= 0.3 is 0 Å². The predicted octanol–water partition coefficient (Wildman–Crippen LogP) is 3.48. The van der Waals surface area contributed by atoms with Gasteiger partial charge in [0.1, 0.15) is 18.1 Å². The van der Waals surface area contributed by atoms with Crippen molar-refractivity contribution in [1.82, 2.24) is 0 Å². The van der Waals surface area contributed by atoms with Crippen LogP contribution in [0.3, 0.4) is 0 Å². The molecule has 1 aliphatic heterocycles. The Morgan fingerprint density at radius 3 is 2.41 bits per heavy atom. The molecule has 0 radical (unpaired) electrons. The second-order valence-electron chi connectivity index (χ2n) is 7.14. The van der Waals surface area contributed by atoms with Crippen LogP contribution in [-0.4, -0.2) is 35.3 Å². The third kappa shape index (κ3) is 3.88. The van der Waals surface area contributed by atoms with Crippen LogP contribution in [0.4, 0.5) is 0 Å². The first-order valence-corrected chi connectivity index (χ1v) is 9.50. The lowest BCUT2D eigenvalue weighted by Gasteiger charge is -2.37. The topological polar surface area (TPSA) is 76.0 Å². The number of aliphatic hydroxyl groups is 1. The van der Waals surface area contributed by atoms with Crippen LogP contribution in [0.15, 0.2) is 78.9 Å². The number of para-hydroxylation sites is 1. The standard InChI is InChI=1S/C24H22O5/c25-19-12-10-18(11-13-19)24(16-28-22-9-5-4-8-21(22)23(24)27)29-15-20(26)14-17-6-2-1-3-7-17/h1-13,20,25-26H,14-16H2/t20-,24?/m1/s1. The van der Waals surface area contributed by atoms with E-state index in [2.05, 4.69) is 0 Å². The lowest BCUT2D eigenvalue weighted by atomic mass is 9.84. The Morgan fingerprint density at radius 2 is 1.66 bits per heavy atom. The highest BCUT2D eigenvalue weighted by Gasteiger charge is 2.47. The number of benzene rings is 3. The molecule has 148 valence electrons. The molecule has 0 spiro atoms. The number of aromatic hydroxyl groups is 1. The zero-order valence-corrected chi connectivity index (χ0v) is 15.8. The summed E-state index contributed by atoms with van der Waals surface area (Å²) < 4.78 is 11.9. The number of phenols is 1. The van der Waals surface area contributed by atoms with E-state index in [9.17, 15) is 15.0 Å². The molecule has 0 saturated carbocycles. The molecular formula is C24H22O5. The average molecular weight is 390 g/mol. The van der Waals surface area contributed by atoms with Crippen LogP contribution in [0.5, 0.6) is 11.5 Å². The Hall–Kier alpha value is -3.15. The van der Waals surface area contributed by atoms with Gasteiger partial charge in [0.05, 0.1) is 18.3 Å². The molecule has 5 nitrogen and oxygen atoms in total. The number of ether oxygens (including phenoxy) is 2. The Kier molecular flexibility index (Phi) is 5.34. The van der Waals surface area contributed by atoms with E-state index in [0.29, 0.717) is 23.3 Å². The van der Waals surface area contributed by atoms with Crippen LogP contribution < -0.4 is 4.74 Å². The predicted molar refractivity (Wildman–Crippen MR) is 108 cm³/mol. The molecule has 2 N–H and O–H groups in total. The molecule has 3 aromatic carbocycles. The van der Waals surface area contributed by atoms with E-state index in [4.69, 9.17) is 9.47 Å². The van der Waals surface area contributed by atoms with Gasteiger partial charge in [-0.2, -0.15) is 0 Å². The number of ketones is 1.